The van der Waals surface area contributed by atoms with E-state index in [1.807, 2.05) is 19.9 Å². The molecule has 1 atom stereocenters. The lowest BCUT2D eigenvalue weighted by Crippen LogP contribution is -2.29. The fourth-order valence-corrected chi connectivity index (χ4v) is 1.69. The molecule has 18 heavy (non-hydrogen) atoms. The van der Waals surface area contributed by atoms with Gasteiger partial charge in [0.15, 0.2) is 0 Å². The summed E-state index contributed by atoms with van der Waals surface area (Å²) in [7, 11) is 0. The van der Waals surface area contributed by atoms with Crippen LogP contribution < -0.4 is 10.6 Å². The van der Waals surface area contributed by atoms with Crippen molar-refractivity contribution >= 4 is 5.91 Å². The normalized spacial score (nSPS) is 12.2. The molecule has 0 saturated heterocycles. The first-order valence-corrected chi connectivity index (χ1v) is 6.39. The van der Waals surface area contributed by atoms with Crippen LogP contribution in [0.15, 0.2) is 24.3 Å². The number of carbonyl (C=O) groups is 1. The number of halogens is 1. The Kier molecular flexibility index (Phi) is 6.36. The summed E-state index contributed by atoms with van der Waals surface area (Å²) in [4.78, 5) is 11.4. The molecule has 0 heterocycles. The van der Waals surface area contributed by atoms with Crippen LogP contribution in [0.3, 0.4) is 0 Å². The number of carbonyl (C=O) groups excluding carboxylic acids is 1. The predicted molar refractivity (Wildman–Crippen MR) is 70.7 cm³/mol. The highest BCUT2D eigenvalue weighted by Crippen LogP contribution is 2.15. The van der Waals surface area contributed by atoms with E-state index in [2.05, 4.69) is 10.6 Å². The number of hydrogen-bond donors (Lipinski definition) is 2. The topological polar surface area (TPSA) is 41.1 Å². The van der Waals surface area contributed by atoms with E-state index >= 15 is 0 Å². The smallest absolute Gasteiger partial charge is 0.221 e. The third-order valence-electron chi connectivity index (χ3n) is 2.75. The summed E-state index contributed by atoms with van der Waals surface area (Å²) in [6.45, 7) is 5.16. The second-order valence-corrected chi connectivity index (χ2v) is 4.30. The highest BCUT2D eigenvalue weighted by molar-refractivity contribution is 5.75. The maximum absolute atomic E-state index is 13.5. The summed E-state index contributed by atoms with van der Waals surface area (Å²) in [5.74, 6) is -0.182. The average Bonchev–Trinajstić information content (AvgIpc) is 2.36. The molecule has 0 bridgehead atoms. The lowest BCUT2D eigenvalue weighted by Gasteiger charge is -2.14. The zero-order valence-electron chi connectivity index (χ0n) is 11.0. The van der Waals surface area contributed by atoms with Gasteiger partial charge < -0.3 is 10.6 Å². The zero-order chi connectivity index (χ0) is 13.4. The van der Waals surface area contributed by atoms with E-state index in [1.165, 1.54) is 6.07 Å². The van der Waals surface area contributed by atoms with Gasteiger partial charge in [0.2, 0.25) is 5.91 Å². The molecule has 3 nitrogen and oxygen atoms in total. The lowest BCUT2D eigenvalue weighted by molar-refractivity contribution is -0.121. The van der Waals surface area contributed by atoms with E-state index in [-0.39, 0.29) is 17.8 Å². The van der Waals surface area contributed by atoms with Crippen LogP contribution in [-0.4, -0.2) is 19.0 Å². The van der Waals surface area contributed by atoms with E-state index in [1.54, 1.807) is 12.1 Å². The molecule has 0 aliphatic carbocycles. The third kappa shape index (κ3) is 4.84. The molecule has 0 saturated carbocycles. The van der Waals surface area contributed by atoms with Crippen molar-refractivity contribution in [2.45, 2.75) is 32.7 Å². The van der Waals surface area contributed by atoms with Gasteiger partial charge in [-0.3, -0.25) is 4.79 Å². The minimum absolute atomic E-state index is 0.0325. The Morgan fingerprint density at radius 3 is 2.72 bits per heavy atom. The maximum Gasteiger partial charge on any atom is 0.221 e. The Hall–Kier alpha value is -1.42. The van der Waals surface area contributed by atoms with Crippen molar-refractivity contribution in [1.82, 2.24) is 10.6 Å². The Balaban J connectivity index is 2.31. The van der Waals surface area contributed by atoms with Crippen molar-refractivity contribution in [2.75, 3.05) is 13.1 Å². The fourth-order valence-electron chi connectivity index (χ4n) is 1.69. The summed E-state index contributed by atoms with van der Waals surface area (Å²) in [6, 6.07) is 6.59. The second kappa shape index (κ2) is 7.82. The number of nitrogens with one attached hydrogen (secondary N) is 2. The molecule has 1 unspecified atom stereocenters. The summed E-state index contributed by atoms with van der Waals surface area (Å²) < 4.78 is 13.5. The molecule has 0 aliphatic heterocycles. The minimum atomic E-state index is -0.215. The molecular weight excluding hydrogens is 231 g/mol. The van der Waals surface area contributed by atoms with Gasteiger partial charge in [-0.1, -0.05) is 25.1 Å². The number of rotatable bonds is 7. The van der Waals surface area contributed by atoms with Gasteiger partial charge in [-0.05, 0) is 19.4 Å². The van der Waals surface area contributed by atoms with Gasteiger partial charge in [0.05, 0.1) is 0 Å². The van der Waals surface area contributed by atoms with Crippen molar-refractivity contribution in [1.29, 1.82) is 0 Å². The fraction of sp³-hybridized carbons (Fsp3) is 0.500. The Labute approximate surface area is 108 Å². The average molecular weight is 252 g/mol. The van der Waals surface area contributed by atoms with E-state index in [4.69, 9.17) is 0 Å². The van der Waals surface area contributed by atoms with Crippen molar-refractivity contribution in [3.8, 4) is 0 Å². The maximum atomic E-state index is 13.5. The van der Waals surface area contributed by atoms with Gasteiger partial charge >= 0.3 is 0 Å². The molecule has 100 valence electrons. The summed E-state index contributed by atoms with van der Waals surface area (Å²) in [5.41, 5.74) is 0.631. The van der Waals surface area contributed by atoms with Gasteiger partial charge in [-0.2, -0.15) is 0 Å². The first-order chi connectivity index (χ1) is 8.65. The van der Waals surface area contributed by atoms with E-state index in [0.29, 0.717) is 25.1 Å². The van der Waals surface area contributed by atoms with Gasteiger partial charge in [-0.15, -0.1) is 0 Å². The Morgan fingerprint density at radius 1 is 1.33 bits per heavy atom. The molecule has 1 aromatic rings. The predicted octanol–water partition coefficient (Wildman–Crippen LogP) is 2.39. The van der Waals surface area contributed by atoms with Crippen LogP contribution in [0, 0.1) is 5.82 Å². The van der Waals surface area contributed by atoms with Crippen LogP contribution in [0.2, 0.25) is 0 Å². The monoisotopic (exact) mass is 252 g/mol. The van der Waals surface area contributed by atoms with Gasteiger partial charge in [0, 0.05) is 31.1 Å². The minimum Gasteiger partial charge on any atom is -0.356 e. The number of benzene rings is 1. The van der Waals surface area contributed by atoms with E-state index < -0.39 is 0 Å². The molecule has 1 amide bonds. The molecule has 0 aromatic heterocycles. The van der Waals surface area contributed by atoms with Crippen LogP contribution in [0.5, 0.6) is 0 Å². The van der Waals surface area contributed by atoms with Crippen LogP contribution in [0.4, 0.5) is 4.39 Å². The third-order valence-corrected chi connectivity index (χ3v) is 2.75. The molecule has 0 aliphatic rings. The van der Waals surface area contributed by atoms with Crippen LogP contribution in [0.25, 0.3) is 0 Å². The summed E-state index contributed by atoms with van der Waals surface area (Å²) >= 11 is 0. The molecule has 0 spiro atoms. The second-order valence-electron chi connectivity index (χ2n) is 4.30. The molecule has 1 rings (SSSR count). The van der Waals surface area contributed by atoms with Gasteiger partial charge in [0.1, 0.15) is 5.82 Å². The largest absolute Gasteiger partial charge is 0.356 e. The first kappa shape index (κ1) is 14.6. The SMILES string of the molecule is CCCNC(=O)CCNC(C)c1ccccc1F. The molecule has 4 heteroatoms. The van der Waals surface area contributed by atoms with Crippen molar-refractivity contribution < 1.29 is 9.18 Å². The van der Waals surface area contributed by atoms with Crippen molar-refractivity contribution in [2.24, 2.45) is 0 Å². The van der Waals surface area contributed by atoms with Gasteiger partial charge in [-0.25, -0.2) is 4.39 Å². The molecule has 1 aromatic carbocycles. The molecule has 0 fully saturated rings. The molecule has 0 radical (unpaired) electrons. The van der Waals surface area contributed by atoms with Crippen LogP contribution >= 0.6 is 0 Å². The van der Waals surface area contributed by atoms with Crippen LogP contribution in [-0.2, 0) is 4.79 Å². The Morgan fingerprint density at radius 2 is 2.06 bits per heavy atom. The highest BCUT2D eigenvalue weighted by atomic mass is 19.1. The summed E-state index contributed by atoms with van der Waals surface area (Å²) in [5, 5.41) is 5.95. The zero-order valence-corrected chi connectivity index (χ0v) is 11.0. The Bertz CT molecular complexity index is 382. The van der Waals surface area contributed by atoms with Crippen LogP contribution in [0.1, 0.15) is 38.3 Å². The van der Waals surface area contributed by atoms with E-state index in [0.717, 1.165) is 6.42 Å². The highest BCUT2D eigenvalue weighted by Gasteiger charge is 2.09. The standard InChI is InChI=1S/C14H21FN2O/c1-3-9-17-14(18)8-10-16-11(2)12-6-4-5-7-13(12)15/h4-7,11,16H,3,8-10H2,1-2H3,(H,17,18). The van der Waals surface area contributed by atoms with Crippen molar-refractivity contribution in [3.63, 3.8) is 0 Å². The van der Waals surface area contributed by atoms with Gasteiger partial charge in [0.25, 0.3) is 0 Å². The quantitative estimate of drug-likeness (QED) is 0.782. The van der Waals surface area contributed by atoms with E-state index in [9.17, 15) is 9.18 Å². The summed E-state index contributed by atoms with van der Waals surface area (Å²) in [6.07, 6.45) is 1.35. The number of hydrogen-bond acceptors (Lipinski definition) is 2. The lowest BCUT2D eigenvalue weighted by atomic mass is 10.1. The number of amides is 1. The first-order valence-electron chi connectivity index (χ1n) is 6.39. The molecule has 2 N–H and O–H groups in total. The van der Waals surface area contributed by atoms with Crippen molar-refractivity contribution in [3.05, 3.63) is 35.6 Å². The molecular formula is C14H21FN2O.